The van der Waals surface area contributed by atoms with Crippen LogP contribution in [0.4, 0.5) is 0 Å². The molecule has 1 rings (SSSR count). The van der Waals surface area contributed by atoms with E-state index in [4.69, 9.17) is 4.74 Å². The van der Waals surface area contributed by atoms with Gasteiger partial charge in [0.15, 0.2) is 9.84 Å². The Kier molecular flexibility index (Phi) is 5.59. The molecule has 1 unspecified atom stereocenters. The van der Waals surface area contributed by atoms with E-state index in [1.807, 2.05) is 31.2 Å². The second-order valence-electron chi connectivity index (χ2n) is 5.50. The van der Waals surface area contributed by atoms with E-state index < -0.39 is 14.6 Å². The first-order valence-electron chi connectivity index (χ1n) is 6.79. The fourth-order valence-corrected chi connectivity index (χ4v) is 2.84. The SMILES string of the molecule is CCNC(Cc1ccccc1OC)C(C)(C)S(C)(=O)=O. The Bertz CT molecular complexity index is 538. The van der Waals surface area contributed by atoms with Crippen molar-refractivity contribution < 1.29 is 13.2 Å². The maximum atomic E-state index is 12.0. The lowest BCUT2D eigenvalue weighted by atomic mass is 9.95. The van der Waals surface area contributed by atoms with Gasteiger partial charge in [0.05, 0.1) is 11.9 Å². The van der Waals surface area contributed by atoms with Crippen molar-refractivity contribution in [2.45, 2.75) is 38.0 Å². The van der Waals surface area contributed by atoms with Gasteiger partial charge in [0, 0.05) is 12.3 Å². The molecule has 1 atom stereocenters. The molecule has 0 bridgehead atoms. The zero-order chi connectivity index (χ0) is 15.4. The van der Waals surface area contributed by atoms with E-state index in [0.717, 1.165) is 17.9 Å². The van der Waals surface area contributed by atoms with Crippen LogP contribution in [0.3, 0.4) is 0 Å². The molecule has 0 saturated heterocycles. The van der Waals surface area contributed by atoms with Gasteiger partial charge in [-0.1, -0.05) is 25.1 Å². The molecule has 114 valence electrons. The van der Waals surface area contributed by atoms with Gasteiger partial charge in [-0.15, -0.1) is 0 Å². The second-order valence-corrected chi connectivity index (χ2v) is 8.10. The summed E-state index contributed by atoms with van der Waals surface area (Å²) in [6, 6.07) is 7.55. The Labute approximate surface area is 122 Å². The smallest absolute Gasteiger partial charge is 0.154 e. The number of hydrogen-bond donors (Lipinski definition) is 1. The number of ether oxygens (including phenoxy) is 1. The van der Waals surface area contributed by atoms with Crippen molar-refractivity contribution in [1.29, 1.82) is 0 Å². The van der Waals surface area contributed by atoms with Crippen LogP contribution in [0.1, 0.15) is 26.3 Å². The minimum Gasteiger partial charge on any atom is -0.496 e. The van der Waals surface area contributed by atoms with Crippen molar-refractivity contribution in [3.63, 3.8) is 0 Å². The standard InChI is InChI=1S/C15H25NO3S/c1-6-16-14(15(2,3)20(5,17)18)11-12-9-7-8-10-13(12)19-4/h7-10,14,16H,6,11H2,1-5H3. The van der Waals surface area contributed by atoms with Crippen LogP contribution in [0.5, 0.6) is 5.75 Å². The second kappa shape index (κ2) is 6.59. The Morgan fingerprint density at radius 3 is 2.40 bits per heavy atom. The minimum atomic E-state index is -3.17. The van der Waals surface area contributed by atoms with E-state index in [-0.39, 0.29) is 6.04 Å². The molecular formula is C15H25NO3S. The van der Waals surface area contributed by atoms with Crippen molar-refractivity contribution in [3.05, 3.63) is 29.8 Å². The third kappa shape index (κ3) is 3.73. The molecule has 0 radical (unpaired) electrons. The first kappa shape index (κ1) is 17.0. The summed E-state index contributed by atoms with van der Waals surface area (Å²) in [5, 5.41) is 3.29. The summed E-state index contributed by atoms with van der Waals surface area (Å²) < 4.78 is 28.6. The molecule has 0 aromatic heterocycles. The number of hydrogen-bond acceptors (Lipinski definition) is 4. The average molecular weight is 299 g/mol. The first-order valence-corrected chi connectivity index (χ1v) is 8.68. The van der Waals surface area contributed by atoms with Crippen LogP contribution in [0.2, 0.25) is 0 Å². The van der Waals surface area contributed by atoms with Crippen LogP contribution >= 0.6 is 0 Å². The molecule has 4 nitrogen and oxygen atoms in total. The zero-order valence-corrected chi connectivity index (χ0v) is 13.8. The fraction of sp³-hybridized carbons (Fsp3) is 0.600. The van der Waals surface area contributed by atoms with Crippen molar-refractivity contribution in [2.75, 3.05) is 19.9 Å². The highest BCUT2D eigenvalue weighted by atomic mass is 32.2. The number of sulfone groups is 1. The zero-order valence-electron chi connectivity index (χ0n) is 12.9. The van der Waals surface area contributed by atoms with Gasteiger partial charge in [-0.2, -0.15) is 0 Å². The van der Waals surface area contributed by atoms with Crippen molar-refractivity contribution in [2.24, 2.45) is 0 Å². The van der Waals surface area contributed by atoms with Crippen molar-refractivity contribution in [3.8, 4) is 5.75 Å². The highest BCUT2D eigenvalue weighted by Crippen LogP contribution is 2.26. The van der Waals surface area contributed by atoms with E-state index in [2.05, 4.69) is 5.32 Å². The lowest BCUT2D eigenvalue weighted by Gasteiger charge is -2.33. The monoisotopic (exact) mass is 299 g/mol. The van der Waals surface area contributed by atoms with Gasteiger partial charge in [-0.3, -0.25) is 0 Å². The van der Waals surface area contributed by atoms with Crippen LogP contribution in [0.15, 0.2) is 24.3 Å². The Balaban J connectivity index is 3.10. The molecule has 1 aromatic carbocycles. The predicted molar refractivity (Wildman–Crippen MR) is 83.1 cm³/mol. The predicted octanol–water partition coefficient (Wildman–Crippen LogP) is 2.04. The highest BCUT2D eigenvalue weighted by molar-refractivity contribution is 7.92. The van der Waals surface area contributed by atoms with Gasteiger partial charge < -0.3 is 10.1 Å². The first-order chi connectivity index (χ1) is 9.24. The van der Waals surface area contributed by atoms with Crippen LogP contribution in [0.25, 0.3) is 0 Å². The summed E-state index contributed by atoms with van der Waals surface area (Å²) in [5.41, 5.74) is 1.01. The Hall–Kier alpha value is -1.07. The largest absolute Gasteiger partial charge is 0.496 e. The van der Waals surface area contributed by atoms with Gasteiger partial charge in [-0.05, 0) is 38.4 Å². The Morgan fingerprint density at radius 2 is 1.90 bits per heavy atom. The maximum absolute atomic E-state index is 12.0. The molecule has 0 heterocycles. The normalized spacial score (nSPS) is 14.1. The third-order valence-electron chi connectivity index (χ3n) is 3.86. The highest BCUT2D eigenvalue weighted by Gasteiger charge is 2.38. The van der Waals surface area contributed by atoms with Gasteiger partial charge in [0.1, 0.15) is 5.75 Å². The molecule has 0 saturated carbocycles. The third-order valence-corrected chi connectivity index (χ3v) is 6.06. The quantitative estimate of drug-likeness (QED) is 0.837. The molecule has 0 aliphatic heterocycles. The van der Waals surface area contributed by atoms with Gasteiger partial charge in [-0.25, -0.2) is 8.42 Å². The van der Waals surface area contributed by atoms with Crippen molar-refractivity contribution in [1.82, 2.24) is 5.32 Å². The molecule has 1 N–H and O–H groups in total. The number of nitrogens with one attached hydrogen (secondary N) is 1. The summed E-state index contributed by atoms with van der Waals surface area (Å²) in [5.74, 6) is 0.791. The molecule has 0 amide bonds. The molecule has 0 aliphatic rings. The molecule has 20 heavy (non-hydrogen) atoms. The van der Waals surface area contributed by atoms with Crippen LogP contribution in [0, 0.1) is 0 Å². The topological polar surface area (TPSA) is 55.4 Å². The summed E-state index contributed by atoms with van der Waals surface area (Å²) in [7, 11) is -1.54. The number of para-hydroxylation sites is 1. The molecule has 0 fully saturated rings. The van der Waals surface area contributed by atoms with Crippen LogP contribution in [-0.2, 0) is 16.3 Å². The van der Waals surface area contributed by atoms with Gasteiger partial charge in [0.2, 0.25) is 0 Å². The summed E-state index contributed by atoms with van der Waals surface area (Å²) >= 11 is 0. The lowest BCUT2D eigenvalue weighted by Crippen LogP contribution is -2.52. The summed E-state index contributed by atoms with van der Waals surface area (Å²) in [6.45, 7) is 6.24. The summed E-state index contributed by atoms with van der Waals surface area (Å²) in [4.78, 5) is 0. The van der Waals surface area contributed by atoms with E-state index in [0.29, 0.717) is 6.42 Å². The molecule has 5 heteroatoms. The summed E-state index contributed by atoms with van der Waals surface area (Å²) in [6.07, 6.45) is 1.90. The van der Waals surface area contributed by atoms with E-state index in [1.54, 1.807) is 21.0 Å². The maximum Gasteiger partial charge on any atom is 0.154 e. The number of rotatable bonds is 7. The fourth-order valence-electron chi connectivity index (χ4n) is 2.16. The average Bonchev–Trinajstić information content (AvgIpc) is 2.37. The lowest BCUT2D eigenvalue weighted by molar-refractivity contribution is 0.388. The Morgan fingerprint density at radius 1 is 1.30 bits per heavy atom. The molecular weight excluding hydrogens is 274 g/mol. The van der Waals surface area contributed by atoms with E-state index in [1.165, 1.54) is 6.26 Å². The van der Waals surface area contributed by atoms with Crippen molar-refractivity contribution >= 4 is 9.84 Å². The van der Waals surface area contributed by atoms with Crippen LogP contribution in [-0.4, -0.2) is 39.1 Å². The number of likely N-dealkylation sites (N-methyl/N-ethyl adjacent to an activating group) is 1. The number of benzene rings is 1. The van der Waals surface area contributed by atoms with E-state index >= 15 is 0 Å². The molecule has 0 spiro atoms. The van der Waals surface area contributed by atoms with E-state index in [9.17, 15) is 8.42 Å². The van der Waals surface area contributed by atoms with Crippen LogP contribution < -0.4 is 10.1 Å². The van der Waals surface area contributed by atoms with Gasteiger partial charge in [0.25, 0.3) is 0 Å². The number of methoxy groups -OCH3 is 1. The van der Waals surface area contributed by atoms with Gasteiger partial charge >= 0.3 is 0 Å². The minimum absolute atomic E-state index is 0.168. The molecule has 1 aromatic rings. The molecule has 0 aliphatic carbocycles.